The minimum atomic E-state index is -3.41. The van der Waals surface area contributed by atoms with Crippen LogP contribution in [0.1, 0.15) is 36.3 Å². The molecule has 9 nitrogen and oxygen atoms in total. The van der Waals surface area contributed by atoms with Gasteiger partial charge >= 0.3 is 6.03 Å². The van der Waals surface area contributed by atoms with E-state index in [1.54, 1.807) is 29.2 Å². The molecule has 13 heteroatoms. The van der Waals surface area contributed by atoms with Crippen LogP contribution in [-0.2, 0) is 10.0 Å². The molecule has 3 aromatic carbocycles. The molecule has 2 amide bonds. The normalized spacial score (nSPS) is 15.9. The second-order valence-electron chi connectivity index (χ2n) is 10.8. The molecule has 0 aliphatic carbocycles. The highest BCUT2D eigenvalue weighted by atomic mass is 35.5. The number of urea groups is 1. The van der Waals surface area contributed by atoms with Gasteiger partial charge in [0.05, 0.1) is 6.26 Å². The van der Waals surface area contributed by atoms with E-state index < -0.39 is 20.6 Å². The van der Waals surface area contributed by atoms with E-state index in [1.807, 2.05) is 36.4 Å². The molecule has 0 bridgehead atoms. The Morgan fingerprint density at radius 3 is 2.11 bits per heavy atom. The first kappa shape index (κ1) is 32.3. The standard InChI is InChI=1S/C31H35ClN4O5S3/c1-43(38,39)35-25-14-12-24(13-15-25)28-29(32)42-30(33-28)34-31(37)36(26-17-20-44(40,41)21-18-26)19-16-27(22-8-4-2-5-9-22)23-10-6-3-7-11-23/h2-15,26-27,35,40-41H,16-21H2,1H3,(H,33,34,37). The zero-order valence-corrected chi connectivity index (χ0v) is 27.3. The Morgan fingerprint density at radius 1 is 1.00 bits per heavy atom. The quantitative estimate of drug-likeness (QED) is 0.136. The molecule has 2 heterocycles. The fourth-order valence-corrected chi connectivity index (χ4v) is 8.57. The van der Waals surface area contributed by atoms with Crippen LogP contribution in [0.2, 0.25) is 4.34 Å². The van der Waals surface area contributed by atoms with Crippen LogP contribution in [0.3, 0.4) is 0 Å². The molecule has 1 aromatic heterocycles. The van der Waals surface area contributed by atoms with E-state index >= 15 is 0 Å². The smallest absolute Gasteiger partial charge is 0.321 e. The highest BCUT2D eigenvalue weighted by molar-refractivity contribution is 8.24. The molecule has 0 radical (unpaired) electrons. The number of benzene rings is 3. The Bertz CT molecular complexity index is 1620. The lowest BCUT2D eigenvalue weighted by Crippen LogP contribution is -2.46. The van der Waals surface area contributed by atoms with Gasteiger partial charge in [-0.3, -0.25) is 19.1 Å². The van der Waals surface area contributed by atoms with Crippen LogP contribution < -0.4 is 10.0 Å². The van der Waals surface area contributed by atoms with Gasteiger partial charge in [0.1, 0.15) is 10.0 Å². The van der Waals surface area contributed by atoms with Crippen molar-refractivity contribution in [2.24, 2.45) is 0 Å². The number of amides is 2. The number of anilines is 2. The first-order valence-corrected chi connectivity index (χ1v) is 19.1. The van der Waals surface area contributed by atoms with Crippen LogP contribution in [0, 0.1) is 0 Å². The summed E-state index contributed by atoms with van der Waals surface area (Å²) in [5.41, 5.74) is 3.88. The van der Waals surface area contributed by atoms with Crippen LogP contribution in [-0.4, -0.2) is 63.8 Å². The first-order chi connectivity index (χ1) is 21.0. The summed E-state index contributed by atoms with van der Waals surface area (Å²) in [6, 6.07) is 26.6. The maximum absolute atomic E-state index is 13.8. The van der Waals surface area contributed by atoms with E-state index in [4.69, 9.17) is 11.6 Å². The maximum Gasteiger partial charge on any atom is 0.323 e. The van der Waals surface area contributed by atoms with Crippen LogP contribution in [0.4, 0.5) is 15.6 Å². The SMILES string of the molecule is CS(=O)(=O)Nc1ccc(-c2nc(NC(=O)N(CCC(c3ccccc3)c3ccccc3)C3CCS(O)(O)CC3)sc2Cl)cc1. The van der Waals surface area contributed by atoms with Gasteiger partial charge in [-0.1, -0.05) is 95.7 Å². The Labute approximate surface area is 268 Å². The highest BCUT2D eigenvalue weighted by Crippen LogP contribution is 2.45. The minimum absolute atomic E-state index is 0.0674. The van der Waals surface area contributed by atoms with Gasteiger partial charge in [0.15, 0.2) is 5.13 Å². The lowest BCUT2D eigenvalue weighted by Gasteiger charge is -2.43. The molecular formula is C31H35ClN4O5S3. The van der Waals surface area contributed by atoms with Crippen molar-refractivity contribution in [1.29, 1.82) is 0 Å². The number of hydrogen-bond acceptors (Lipinski definition) is 7. The number of carbonyl (C=O) groups excluding carboxylic acids is 1. The lowest BCUT2D eigenvalue weighted by molar-refractivity contribution is 0.178. The molecule has 4 aromatic rings. The zero-order valence-electron chi connectivity index (χ0n) is 24.1. The van der Waals surface area contributed by atoms with E-state index in [0.29, 0.717) is 52.2 Å². The molecule has 4 N–H and O–H groups in total. The van der Waals surface area contributed by atoms with Gasteiger partial charge in [-0.05, 0) is 42.5 Å². The number of rotatable bonds is 10. The van der Waals surface area contributed by atoms with Gasteiger partial charge in [-0.15, -0.1) is 0 Å². The van der Waals surface area contributed by atoms with Crippen molar-refractivity contribution in [2.45, 2.75) is 31.2 Å². The number of nitrogens with one attached hydrogen (secondary N) is 2. The topological polar surface area (TPSA) is 132 Å². The summed E-state index contributed by atoms with van der Waals surface area (Å²) in [4.78, 5) is 20.2. The molecule has 5 rings (SSSR count). The Kier molecular flexibility index (Phi) is 10.2. The summed E-state index contributed by atoms with van der Waals surface area (Å²) in [6.07, 6.45) is 2.74. The van der Waals surface area contributed by atoms with Crippen molar-refractivity contribution < 1.29 is 22.3 Å². The van der Waals surface area contributed by atoms with Crippen LogP contribution in [0.25, 0.3) is 11.3 Å². The van der Waals surface area contributed by atoms with Crippen molar-refractivity contribution in [1.82, 2.24) is 9.88 Å². The zero-order chi connectivity index (χ0) is 31.3. The summed E-state index contributed by atoms with van der Waals surface area (Å²) < 4.78 is 46.4. The van der Waals surface area contributed by atoms with Crippen molar-refractivity contribution >= 4 is 60.4 Å². The number of carbonyl (C=O) groups is 1. The van der Waals surface area contributed by atoms with Gasteiger partial charge in [0.2, 0.25) is 10.0 Å². The molecule has 234 valence electrons. The average molecular weight is 675 g/mol. The van der Waals surface area contributed by atoms with Crippen molar-refractivity contribution in [3.63, 3.8) is 0 Å². The fraction of sp³-hybridized carbons (Fsp3) is 0.290. The van der Waals surface area contributed by atoms with Gasteiger partial charge in [-0.25, -0.2) is 18.2 Å². The van der Waals surface area contributed by atoms with E-state index in [0.717, 1.165) is 28.7 Å². The summed E-state index contributed by atoms with van der Waals surface area (Å²) in [7, 11) is -6.03. The van der Waals surface area contributed by atoms with E-state index in [2.05, 4.69) is 39.3 Å². The van der Waals surface area contributed by atoms with E-state index in [1.165, 1.54) is 0 Å². The van der Waals surface area contributed by atoms with Crippen molar-refractivity contribution in [3.8, 4) is 11.3 Å². The number of halogens is 1. The van der Waals surface area contributed by atoms with Crippen LogP contribution in [0.15, 0.2) is 84.9 Å². The van der Waals surface area contributed by atoms with Gasteiger partial charge in [0.25, 0.3) is 0 Å². The number of hydrogen-bond donors (Lipinski definition) is 4. The molecule has 0 atom stereocenters. The van der Waals surface area contributed by atoms with Crippen LogP contribution in [0.5, 0.6) is 0 Å². The highest BCUT2D eigenvalue weighted by Gasteiger charge is 2.32. The van der Waals surface area contributed by atoms with Gasteiger partial charge in [0, 0.05) is 41.3 Å². The summed E-state index contributed by atoms with van der Waals surface area (Å²) >= 11 is 7.68. The Balaban J connectivity index is 1.35. The monoisotopic (exact) mass is 674 g/mol. The molecule has 0 spiro atoms. The third-order valence-corrected chi connectivity index (χ3v) is 11.1. The second kappa shape index (κ2) is 13.9. The molecule has 1 aliphatic rings. The number of sulfonamides is 1. The second-order valence-corrected chi connectivity index (χ2v) is 16.6. The summed E-state index contributed by atoms with van der Waals surface area (Å²) in [5, 5.41) is 3.27. The van der Waals surface area contributed by atoms with Crippen LogP contribution >= 0.6 is 33.5 Å². The van der Waals surface area contributed by atoms with E-state index in [-0.39, 0.29) is 29.5 Å². The molecule has 44 heavy (non-hydrogen) atoms. The molecule has 0 unspecified atom stereocenters. The predicted octanol–water partition coefficient (Wildman–Crippen LogP) is 7.80. The minimum Gasteiger partial charge on any atom is -0.321 e. The van der Waals surface area contributed by atoms with Gasteiger partial charge in [-0.2, -0.15) is 10.6 Å². The fourth-order valence-electron chi connectivity index (χ4n) is 5.43. The van der Waals surface area contributed by atoms with Gasteiger partial charge < -0.3 is 4.90 Å². The third-order valence-electron chi connectivity index (χ3n) is 7.58. The third kappa shape index (κ3) is 8.52. The van der Waals surface area contributed by atoms with Crippen molar-refractivity contribution in [2.75, 3.05) is 34.3 Å². The largest absolute Gasteiger partial charge is 0.323 e. The summed E-state index contributed by atoms with van der Waals surface area (Å²) in [6.45, 7) is 0.449. The molecular weight excluding hydrogens is 640 g/mol. The van der Waals surface area contributed by atoms with Crippen molar-refractivity contribution in [3.05, 3.63) is 100 Å². The Morgan fingerprint density at radius 2 is 1.57 bits per heavy atom. The lowest BCUT2D eigenvalue weighted by atomic mass is 9.88. The number of aromatic nitrogens is 1. The average Bonchev–Trinajstić information content (AvgIpc) is 3.35. The first-order valence-electron chi connectivity index (χ1n) is 14.1. The molecule has 1 saturated heterocycles. The molecule has 1 aliphatic heterocycles. The maximum atomic E-state index is 13.8. The number of nitrogens with zero attached hydrogens (tertiary/aromatic N) is 2. The summed E-state index contributed by atoms with van der Waals surface area (Å²) in [5.74, 6) is 0.594. The Hall–Kier alpha value is -3.13. The predicted molar refractivity (Wildman–Crippen MR) is 182 cm³/mol. The number of thiazole rings is 1. The molecule has 1 fully saturated rings. The van der Waals surface area contributed by atoms with E-state index in [9.17, 15) is 22.3 Å². The molecule has 0 saturated carbocycles.